The quantitative estimate of drug-likeness (QED) is 0.720. The molecule has 1 heterocycles. The molecule has 0 fully saturated rings. The zero-order valence-electron chi connectivity index (χ0n) is 7.89. The largest absolute Gasteiger partial charge is 0.377 e. The molecule has 0 radical (unpaired) electrons. The summed E-state index contributed by atoms with van der Waals surface area (Å²) in [4.78, 5) is 4.29. The number of hydrogen-bond donors (Lipinski definition) is 1. The summed E-state index contributed by atoms with van der Waals surface area (Å²) < 4.78 is 5.27. The summed E-state index contributed by atoms with van der Waals surface area (Å²) >= 11 is 1.78. The van der Waals surface area contributed by atoms with Crippen LogP contribution in [0.1, 0.15) is 13.8 Å². The third-order valence-electron chi connectivity index (χ3n) is 1.80. The predicted octanol–water partition coefficient (Wildman–Crippen LogP) is 1.10. The number of amidine groups is 1. The molecular formula is C8H16N2OS. The SMILES string of the molecule is COC(C)(C)CNC1=NCCS1. The number of hydrogen-bond acceptors (Lipinski definition) is 4. The smallest absolute Gasteiger partial charge is 0.156 e. The van der Waals surface area contributed by atoms with Crippen LogP contribution in [0.2, 0.25) is 0 Å². The topological polar surface area (TPSA) is 33.6 Å². The molecule has 0 atom stereocenters. The zero-order valence-corrected chi connectivity index (χ0v) is 8.70. The van der Waals surface area contributed by atoms with Crippen LogP contribution in [0.4, 0.5) is 0 Å². The van der Waals surface area contributed by atoms with E-state index in [0.29, 0.717) is 0 Å². The molecule has 0 spiro atoms. The number of thioether (sulfide) groups is 1. The van der Waals surface area contributed by atoms with Crippen molar-refractivity contribution in [3.8, 4) is 0 Å². The Morgan fingerprint density at radius 1 is 1.67 bits per heavy atom. The fourth-order valence-corrected chi connectivity index (χ4v) is 1.54. The Balaban J connectivity index is 2.24. The minimum atomic E-state index is -0.105. The maximum absolute atomic E-state index is 5.27. The van der Waals surface area contributed by atoms with Crippen molar-refractivity contribution in [1.82, 2.24) is 5.32 Å². The normalized spacial score (nSPS) is 17.8. The zero-order chi connectivity index (χ0) is 9.03. The van der Waals surface area contributed by atoms with Crippen LogP contribution in [0.25, 0.3) is 0 Å². The Morgan fingerprint density at radius 2 is 2.42 bits per heavy atom. The van der Waals surface area contributed by atoms with E-state index in [4.69, 9.17) is 4.74 Å². The standard InChI is InChI=1S/C8H16N2OS/c1-8(2,11-3)6-10-7-9-4-5-12-7/h4-6H2,1-3H3,(H,9,10). The summed E-state index contributed by atoms with van der Waals surface area (Å²) in [6, 6.07) is 0. The Hall–Kier alpha value is -0.220. The monoisotopic (exact) mass is 188 g/mol. The minimum absolute atomic E-state index is 0.105. The first-order chi connectivity index (χ1) is 5.64. The van der Waals surface area contributed by atoms with Gasteiger partial charge in [0, 0.05) is 19.4 Å². The van der Waals surface area contributed by atoms with Crippen LogP contribution in [0.5, 0.6) is 0 Å². The molecule has 1 aliphatic rings. The molecule has 0 aromatic carbocycles. The van der Waals surface area contributed by atoms with Gasteiger partial charge in [-0.1, -0.05) is 11.8 Å². The molecule has 0 bridgehead atoms. The molecule has 12 heavy (non-hydrogen) atoms. The highest BCUT2D eigenvalue weighted by Crippen LogP contribution is 2.11. The molecule has 1 aliphatic heterocycles. The number of nitrogens with zero attached hydrogens (tertiary/aromatic N) is 1. The van der Waals surface area contributed by atoms with Crippen LogP contribution in [-0.2, 0) is 4.74 Å². The maximum Gasteiger partial charge on any atom is 0.156 e. The van der Waals surface area contributed by atoms with Gasteiger partial charge >= 0.3 is 0 Å². The molecule has 0 unspecified atom stereocenters. The van der Waals surface area contributed by atoms with Crippen LogP contribution in [0, 0.1) is 0 Å². The van der Waals surface area contributed by atoms with Gasteiger partial charge < -0.3 is 10.1 Å². The first-order valence-electron chi connectivity index (χ1n) is 4.10. The average molecular weight is 188 g/mol. The number of aliphatic imine (C=N–C) groups is 1. The third-order valence-corrected chi connectivity index (χ3v) is 2.74. The molecule has 0 saturated heterocycles. The molecule has 4 heteroatoms. The summed E-state index contributed by atoms with van der Waals surface area (Å²) in [6.45, 7) is 5.87. The van der Waals surface area contributed by atoms with Gasteiger partial charge in [-0.15, -0.1) is 0 Å². The van der Waals surface area contributed by atoms with Gasteiger partial charge in [-0.05, 0) is 13.8 Å². The fourth-order valence-electron chi connectivity index (χ4n) is 0.803. The summed E-state index contributed by atoms with van der Waals surface area (Å²) in [7, 11) is 1.73. The van der Waals surface area contributed by atoms with Gasteiger partial charge in [-0.25, -0.2) is 0 Å². The second-order valence-corrected chi connectivity index (χ2v) is 4.44. The average Bonchev–Trinajstić information content (AvgIpc) is 2.53. The number of ether oxygens (including phenoxy) is 1. The van der Waals surface area contributed by atoms with Gasteiger partial charge in [0.15, 0.2) is 5.17 Å². The molecule has 70 valence electrons. The van der Waals surface area contributed by atoms with Gasteiger partial charge in [-0.3, -0.25) is 4.99 Å². The molecule has 0 saturated carbocycles. The van der Waals surface area contributed by atoms with E-state index in [9.17, 15) is 0 Å². The minimum Gasteiger partial charge on any atom is -0.377 e. The molecule has 3 nitrogen and oxygen atoms in total. The second kappa shape index (κ2) is 4.14. The van der Waals surface area contributed by atoms with E-state index >= 15 is 0 Å². The highest BCUT2D eigenvalue weighted by atomic mass is 32.2. The molecular weight excluding hydrogens is 172 g/mol. The number of nitrogens with one attached hydrogen (secondary N) is 1. The van der Waals surface area contributed by atoms with Crippen LogP contribution in [0.15, 0.2) is 4.99 Å². The Morgan fingerprint density at radius 3 is 2.92 bits per heavy atom. The van der Waals surface area contributed by atoms with Gasteiger partial charge in [0.25, 0.3) is 0 Å². The number of rotatable bonds is 3. The Bertz CT molecular complexity index is 180. The van der Waals surface area contributed by atoms with Crippen molar-refractivity contribution in [2.24, 2.45) is 4.99 Å². The van der Waals surface area contributed by atoms with Crippen molar-refractivity contribution >= 4 is 16.9 Å². The van der Waals surface area contributed by atoms with Gasteiger partial charge in [0.05, 0.1) is 12.1 Å². The maximum atomic E-state index is 5.27. The lowest BCUT2D eigenvalue weighted by Crippen LogP contribution is -2.38. The van der Waals surface area contributed by atoms with Crippen LogP contribution in [-0.4, -0.2) is 36.7 Å². The molecule has 1 rings (SSSR count). The first kappa shape index (κ1) is 9.86. The molecule has 1 N–H and O–H groups in total. The lowest BCUT2D eigenvalue weighted by molar-refractivity contribution is 0.0271. The summed E-state index contributed by atoms with van der Waals surface area (Å²) in [5.74, 6) is 1.11. The van der Waals surface area contributed by atoms with Crippen molar-refractivity contribution in [2.75, 3.05) is 26.0 Å². The van der Waals surface area contributed by atoms with Crippen molar-refractivity contribution in [2.45, 2.75) is 19.4 Å². The van der Waals surface area contributed by atoms with Crippen molar-refractivity contribution in [1.29, 1.82) is 0 Å². The Kier molecular flexibility index (Phi) is 3.40. The highest BCUT2D eigenvalue weighted by Gasteiger charge is 2.17. The van der Waals surface area contributed by atoms with Crippen LogP contribution in [0.3, 0.4) is 0 Å². The van der Waals surface area contributed by atoms with E-state index in [0.717, 1.165) is 24.0 Å². The molecule has 0 aromatic rings. The summed E-state index contributed by atoms with van der Waals surface area (Å²) in [5, 5.41) is 4.32. The molecule has 0 aromatic heterocycles. The summed E-state index contributed by atoms with van der Waals surface area (Å²) in [5.41, 5.74) is -0.105. The van der Waals surface area contributed by atoms with Crippen LogP contribution < -0.4 is 5.32 Å². The predicted molar refractivity (Wildman–Crippen MR) is 53.9 cm³/mol. The van der Waals surface area contributed by atoms with E-state index in [1.54, 1.807) is 18.9 Å². The molecule has 0 aliphatic carbocycles. The van der Waals surface area contributed by atoms with E-state index in [1.165, 1.54) is 0 Å². The van der Waals surface area contributed by atoms with Gasteiger partial charge in [0.1, 0.15) is 0 Å². The second-order valence-electron chi connectivity index (χ2n) is 3.35. The number of methoxy groups -OCH3 is 1. The van der Waals surface area contributed by atoms with E-state index < -0.39 is 0 Å². The van der Waals surface area contributed by atoms with E-state index in [2.05, 4.69) is 24.2 Å². The fraction of sp³-hybridized carbons (Fsp3) is 0.875. The van der Waals surface area contributed by atoms with E-state index in [-0.39, 0.29) is 5.60 Å². The van der Waals surface area contributed by atoms with Gasteiger partial charge in [-0.2, -0.15) is 0 Å². The first-order valence-corrected chi connectivity index (χ1v) is 5.09. The highest BCUT2D eigenvalue weighted by molar-refractivity contribution is 8.14. The molecule has 0 amide bonds. The van der Waals surface area contributed by atoms with Crippen molar-refractivity contribution < 1.29 is 4.74 Å². The van der Waals surface area contributed by atoms with Crippen molar-refractivity contribution in [3.05, 3.63) is 0 Å². The Labute approximate surface area is 78.0 Å². The van der Waals surface area contributed by atoms with Gasteiger partial charge in [0.2, 0.25) is 0 Å². The summed E-state index contributed by atoms with van der Waals surface area (Å²) in [6.07, 6.45) is 0. The van der Waals surface area contributed by atoms with Crippen LogP contribution >= 0.6 is 11.8 Å². The van der Waals surface area contributed by atoms with E-state index in [1.807, 2.05) is 0 Å². The lowest BCUT2D eigenvalue weighted by Gasteiger charge is -2.23. The lowest BCUT2D eigenvalue weighted by atomic mass is 10.1. The third kappa shape index (κ3) is 3.03. The van der Waals surface area contributed by atoms with Crippen molar-refractivity contribution in [3.63, 3.8) is 0 Å².